The van der Waals surface area contributed by atoms with Crippen molar-refractivity contribution in [3.05, 3.63) is 65.7 Å². The van der Waals surface area contributed by atoms with Gasteiger partial charge in [0.1, 0.15) is 18.0 Å². The Morgan fingerprint density at radius 2 is 1.75 bits per heavy atom. The first kappa shape index (κ1) is 23.1. The van der Waals surface area contributed by atoms with Gasteiger partial charge in [-0.1, -0.05) is 30.3 Å². The fourth-order valence-corrected chi connectivity index (χ4v) is 4.79. The van der Waals surface area contributed by atoms with Crippen molar-refractivity contribution in [2.24, 2.45) is 0 Å². The van der Waals surface area contributed by atoms with Crippen LogP contribution in [-0.4, -0.2) is 65.8 Å². The molecule has 0 amide bonds. The Morgan fingerprint density at radius 3 is 2.47 bits per heavy atom. The second kappa shape index (κ2) is 9.83. The average molecular weight is 448 g/mol. The Labute approximate surface area is 187 Å². The van der Waals surface area contributed by atoms with E-state index in [9.17, 15) is 19.0 Å². The predicted molar refractivity (Wildman–Crippen MR) is 117 cm³/mol. The SMILES string of the molecule is OC1(CN2CCOC[C@](O)(COc3ccc(F)c(F)c3)C2)CCC(c2ccccc2)CC1. The van der Waals surface area contributed by atoms with Crippen LogP contribution in [0.3, 0.4) is 0 Å². The van der Waals surface area contributed by atoms with Gasteiger partial charge in [-0.25, -0.2) is 8.78 Å². The number of hydrogen-bond acceptors (Lipinski definition) is 5. The molecule has 4 rings (SSSR count). The van der Waals surface area contributed by atoms with Crippen LogP contribution in [0.1, 0.15) is 37.2 Å². The number of aliphatic hydroxyl groups is 2. The summed E-state index contributed by atoms with van der Waals surface area (Å²) in [6, 6.07) is 13.7. The Hall–Kier alpha value is -2.06. The summed E-state index contributed by atoms with van der Waals surface area (Å²) in [4.78, 5) is 2.02. The molecule has 0 spiro atoms. The lowest BCUT2D eigenvalue weighted by Crippen LogP contribution is -2.53. The van der Waals surface area contributed by atoms with E-state index in [2.05, 4.69) is 24.3 Å². The fraction of sp³-hybridized carbons (Fsp3) is 0.520. The maximum Gasteiger partial charge on any atom is 0.162 e. The molecule has 0 aromatic heterocycles. The quantitative estimate of drug-likeness (QED) is 0.710. The van der Waals surface area contributed by atoms with Gasteiger partial charge in [-0.05, 0) is 49.3 Å². The van der Waals surface area contributed by atoms with E-state index in [-0.39, 0.29) is 25.5 Å². The van der Waals surface area contributed by atoms with E-state index in [0.29, 0.717) is 38.5 Å². The summed E-state index contributed by atoms with van der Waals surface area (Å²) in [5.41, 5.74) is -0.808. The van der Waals surface area contributed by atoms with E-state index in [1.165, 1.54) is 11.6 Å². The number of halogens is 2. The molecule has 1 saturated carbocycles. The van der Waals surface area contributed by atoms with Crippen LogP contribution < -0.4 is 4.74 Å². The van der Waals surface area contributed by atoms with Gasteiger partial charge in [0.05, 0.1) is 18.8 Å². The topological polar surface area (TPSA) is 62.2 Å². The third kappa shape index (κ3) is 5.84. The van der Waals surface area contributed by atoms with Gasteiger partial charge in [0, 0.05) is 25.7 Å². The van der Waals surface area contributed by atoms with Crippen LogP contribution in [0, 0.1) is 11.6 Å². The van der Waals surface area contributed by atoms with Gasteiger partial charge in [0.2, 0.25) is 0 Å². The number of rotatable bonds is 6. The van der Waals surface area contributed by atoms with Crippen molar-refractivity contribution in [3.63, 3.8) is 0 Å². The molecule has 0 unspecified atom stereocenters. The normalized spacial score (nSPS) is 29.4. The highest BCUT2D eigenvalue weighted by Gasteiger charge is 2.39. The summed E-state index contributed by atoms with van der Waals surface area (Å²) in [6.07, 6.45) is 3.25. The van der Waals surface area contributed by atoms with Crippen molar-refractivity contribution in [1.29, 1.82) is 0 Å². The molecule has 1 aliphatic carbocycles. The smallest absolute Gasteiger partial charge is 0.162 e. The molecule has 2 aromatic rings. The van der Waals surface area contributed by atoms with Crippen LogP contribution in [-0.2, 0) is 4.74 Å². The molecule has 2 aromatic carbocycles. The monoisotopic (exact) mass is 447 g/mol. The minimum absolute atomic E-state index is 0.0711. The summed E-state index contributed by atoms with van der Waals surface area (Å²) in [5.74, 6) is -1.34. The molecule has 2 fully saturated rings. The van der Waals surface area contributed by atoms with Gasteiger partial charge in [0.15, 0.2) is 11.6 Å². The zero-order chi connectivity index (χ0) is 22.6. The van der Waals surface area contributed by atoms with Gasteiger partial charge in [-0.15, -0.1) is 0 Å². The van der Waals surface area contributed by atoms with E-state index >= 15 is 0 Å². The summed E-state index contributed by atoms with van der Waals surface area (Å²) < 4.78 is 37.7. The fourth-order valence-electron chi connectivity index (χ4n) is 4.79. The minimum Gasteiger partial charge on any atom is -0.490 e. The lowest BCUT2D eigenvalue weighted by atomic mass is 9.76. The predicted octanol–water partition coefficient (Wildman–Crippen LogP) is 3.50. The van der Waals surface area contributed by atoms with Crippen LogP contribution in [0.25, 0.3) is 0 Å². The van der Waals surface area contributed by atoms with Gasteiger partial charge in [0.25, 0.3) is 0 Å². The Morgan fingerprint density at radius 1 is 1.00 bits per heavy atom. The van der Waals surface area contributed by atoms with E-state index in [4.69, 9.17) is 9.47 Å². The maximum atomic E-state index is 13.4. The van der Waals surface area contributed by atoms with Crippen molar-refractivity contribution >= 4 is 0 Å². The first-order chi connectivity index (χ1) is 15.3. The second-order valence-corrected chi connectivity index (χ2v) is 9.26. The number of nitrogens with zero attached hydrogens (tertiary/aromatic N) is 1. The number of ether oxygens (including phenoxy) is 2. The second-order valence-electron chi connectivity index (χ2n) is 9.26. The molecular formula is C25H31F2NO4. The molecule has 5 nitrogen and oxygen atoms in total. The van der Waals surface area contributed by atoms with Gasteiger partial charge in [-0.3, -0.25) is 4.90 Å². The molecule has 1 saturated heterocycles. The number of hydrogen-bond donors (Lipinski definition) is 2. The van der Waals surface area contributed by atoms with E-state index in [0.717, 1.165) is 25.0 Å². The van der Waals surface area contributed by atoms with Gasteiger partial charge >= 0.3 is 0 Å². The highest BCUT2D eigenvalue weighted by Crippen LogP contribution is 2.38. The van der Waals surface area contributed by atoms with Gasteiger partial charge < -0.3 is 19.7 Å². The van der Waals surface area contributed by atoms with Crippen molar-refractivity contribution in [1.82, 2.24) is 4.90 Å². The van der Waals surface area contributed by atoms with E-state index in [1.54, 1.807) is 0 Å². The zero-order valence-corrected chi connectivity index (χ0v) is 18.2. The highest BCUT2D eigenvalue weighted by molar-refractivity contribution is 5.24. The molecule has 1 heterocycles. The summed E-state index contributed by atoms with van der Waals surface area (Å²) in [7, 11) is 0. The van der Waals surface area contributed by atoms with E-state index < -0.39 is 22.8 Å². The number of β-amino-alcohol motifs (C(OH)–C–C–N with tert-alkyl or cyclic N) is 2. The number of benzene rings is 2. The Balaban J connectivity index is 1.33. The largest absolute Gasteiger partial charge is 0.490 e. The molecule has 0 bridgehead atoms. The average Bonchev–Trinajstić information content (AvgIpc) is 2.97. The molecule has 0 radical (unpaired) electrons. The summed E-state index contributed by atoms with van der Waals surface area (Å²) in [6.45, 7) is 1.70. The Bertz CT molecular complexity index is 889. The minimum atomic E-state index is -1.32. The summed E-state index contributed by atoms with van der Waals surface area (Å²) >= 11 is 0. The van der Waals surface area contributed by atoms with Crippen LogP contribution in [0.5, 0.6) is 5.75 Å². The highest BCUT2D eigenvalue weighted by atomic mass is 19.2. The summed E-state index contributed by atoms with van der Waals surface area (Å²) in [5, 5.41) is 22.3. The maximum absolute atomic E-state index is 13.4. The first-order valence-corrected chi connectivity index (χ1v) is 11.2. The Kier molecular flexibility index (Phi) is 7.10. The van der Waals surface area contributed by atoms with Crippen LogP contribution >= 0.6 is 0 Å². The first-order valence-electron chi connectivity index (χ1n) is 11.2. The third-order valence-corrected chi connectivity index (χ3v) is 6.54. The molecule has 2 N–H and O–H groups in total. The van der Waals surface area contributed by atoms with Crippen LogP contribution in [0.4, 0.5) is 8.78 Å². The van der Waals surface area contributed by atoms with E-state index in [1.807, 2.05) is 11.0 Å². The van der Waals surface area contributed by atoms with Crippen LogP contribution in [0.2, 0.25) is 0 Å². The standard InChI is InChI=1S/C25H31F2NO4/c26-22-7-6-21(14-23(22)27)32-18-25(30)16-28(12-13-31-17-25)15-24(29)10-8-20(9-11-24)19-4-2-1-3-5-19/h1-7,14,20,29-30H,8-13,15-18H2/t20?,24?,25-/m0/s1. The van der Waals surface area contributed by atoms with Gasteiger partial charge in [-0.2, -0.15) is 0 Å². The molecule has 1 atom stereocenters. The van der Waals surface area contributed by atoms with Crippen LogP contribution in [0.15, 0.2) is 48.5 Å². The molecular weight excluding hydrogens is 416 g/mol. The molecule has 32 heavy (non-hydrogen) atoms. The van der Waals surface area contributed by atoms with Crippen molar-refractivity contribution in [2.45, 2.75) is 42.8 Å². The molecule has 2 aliphatic rings. The van der Waals surface area contributed by atoms with Crippen molar-refractivity contribution < 1.29 is 28.5 Å². The molecule has 1 aliphatic heterocycles. The van der Waals surface area contributed by atoms with Crippen molar-refractivity contribution in [3.8, 4) is 5.75 Å². The lowest BCUT2D eigenvalue weighted by molar-refractivity contribution is -0.0767. The zero-order valence-electron chi connectivity index (χ0n) is 18.2. The molecule has 7 heteroatoms. The third-order valence-electron chi connectivity index (χ3n) is 6.54. The van der Waals surface area contributed by atoms with Crippen molar-refractivity contribution in [2.75, 3.05) is 39.5 Å². The lowest BCUT2D eigenvalue weighted by Gasteiger charge is -2.40. The molecule has 174 valence electrons.